The minimum Gasteiger partial charge on any atom is -0.362 e. The highest BCUT2D eigenvalue weighted by Gasteiger charge is 2.17. The molecule has 0 aliphatic carbocycles. The third-order valence-electron chi connectivity index (χ3n) is 1.51. The Balaban J connectivity index is 2.39. The van der Waals surface area contributed by atoms with Gasteiger partial charge in [-0.05, 0) is 0 Å². The van der Waals surface area contributed by atoms with Crippen LogP contribution in [0, 0.1) is 0 Å². The van der Waals surface area contributed by atoms with Crippen molar-refractivity contribution in [2.75, 3.05) is 5.32 Å². The fourth-order valence-electron chi connectivity index (χ4n) is 0.986. The lowest BCUT2D eigenvalue weighted by Gasteiger charge is -2.07. The molecule has 4 nitrogen and oxygen atoms in total. The quantitative estimate of drug-likeness (QED) is 0.569. The number of amides is 1. The van der Waals surface area contributed by atoms with Crippen molar-refractivity contribution in [3.05, 3.63) is 12.0 Å². The predicted molar refractivity (Wildman–Crippen MR) is 33.5 cm³/mol. The third kappa shape index (κ3) is 0.689. The van der Waals surface area contributed by atoms with Gasteiger partial charge in [-0.1, -0.05) is 5.16 Å². The van der Waals surface area contributed by atoms with Crippen molar-refractivity contribution in [3.8, 4) is 0 Å². The zero-order valence-electron chi connectivity index (χ0n) is 5.26. The largest absolute Gasteiger partial charge is 0.362 e. The van der Waals surface area contributed by atoms with Crippen LogP contribution >= 0.6 is 0 Å². The Labute approximate surface area is 57.2 Å². The van der Waals surface area contributed by atoms with Gasteiger partial charge in [0.25, 0.3) is 0 Å². The molecule has 0 saturated carbocycles. The van der Waals surface area contributed by atoms with Gasteiger partial charge in [-0.15, -0.1) is 0 Å². The Bertz CT molecular complexity index is 266. The van der Waals surface area contributed by atoms with Gasteiger partial charge in [0.1, 0.15) is 17.6 Å². The number of nitrogens with one attached hydrogen (secondary N) is 1. The lowest BCUT2D eigenvalue weighted by Crippen LogP contribution is -2.17. The molecular weight excluding hydrogens is 132 g/mol. The zero-order chi connectivity index (χ0) is 6.97. The Morgan fingerprint density at radius 2 is 2.50 bits per heavy atom. The van der Waals surface area contributed by atoms with Crippen molar-refractivity contribution in [3.63, 3.8) is 0 Å². The van der Waals surface area contributed by atoms with Crippen molar-refractivity contribution in [1.29, 1.82) is 0 Å². The van der Waals surface area contributed by atoms with Crippen LogP contribution in [0.3, 0.4) is 0 Å². The summed E-state index contributed by atoms with van der Waals surface area (Å²) in [5.41, 5.74) is 1.57. The molecule has 0 fully saturated rings. The number of carbonyl (C=O) groups excluding carboxylic acids is 1. The normalized spacial score (nSPS) is 16.2. The molecule has 1 aliphatic rings. The standard InChI is InChI=1S/C6H6N2O2/c9-6-2-1-4-5(7-6)3-10-8-4/h3H,1-2H2,(H,7,9). The van der Waals surface area contributed by atoms with E-state index in [0.717, 1.165) is 11.4 Å². The molecule has 0 unspecified atom stereocenters. The van der Waals surface area contributed by atoms with Crippen LogP contribution in [-0.4, -0.2) is 11.1 Å². The summed E-state index contributed by atoms with van der Waals surface area (Å²) in [5.74, 6) is 0.0377. The van der Waals surface area contributed by atoms with E-state index in [-0.39, 0.29) is 5.91 Å². The fraction of sp³-hybridized carbons (Fsp3) is 0.333. The molecule has 2 heterocycles. The van der Waals surface area contributed by atoms with Gasteiger partial charge >= 0.3 is 0 Å². The van der Waals surface area contributed by atoms with Gasteiger partial charge in [-0.2, -0.15) is 0 Å². The van der Waals surface area contributed by atoms with Crippen molar-refractivity contribution in [2.45, 2.75) is 12.8 Å². The van der Waals surface area contributed by atoms with Crippen LogP contribution in [0.15, 0.2) is 10.8 Å². The summed E-state index contributed by atoms with van der Waals surface area (Å²) in [6.07, 6.45) is 2.66. The molecule has 4 heteroatoms. The van der Waals surface area contributed by atoms with Crippen LogP contribution in [0.25, 0.3) is 0 Å². The summed E-state index contributed by atoms with van der Waals surface area (Å²) in [7, 11) is 0. The first kappa shape index (κ1) is 5.46. The van der Waals surface area contributed by atoms with Crippen LogP contribution in [0.4, 0.5) is 5.69 Å². The van der Waals surface area contributed by atoms with Gasteiger partial charge in [0.05, 0.1) is 0 Å². The zero-order valence-corrected chi connectivity index (χ0v) is 5.26. The van der Waals surface area contributed by atoms with E-state index in [2.05, 4.69) is 15.0 Å². The fourth-order valence-corrected chi connectivity index (χ4v) is 0.986. The van der Waals surface area contributed by atoms with Crippen molar-refractivity contribution >= 4 is 11.6 Å². The van der Waals surface area contributed by atoms with Gasteiger partial charge in [-0.25, -0.2) is 0 Å². The summed E-state index contributed by atoms with van der Waals surface area (Å²) < 4.78 is 4.65. The number of fused-ring (bicyclic) bond motifs is 1. The molecular formula is C6H6N2O2. The molecule has 0 bridgehead atoms. The highest BCUT2D eigenvalue weighted by atomic mass is 16.5. The molecule has 2 rings (SSSR count). The number of aryl methyl sites for hydroxylation is 1. The number of rotatable bonds is 0. The average molecular weight is 138 g/mol. The second-order valence-electron chi connectivity index (χ2n) is 2.22. The van der Waals surface area contributed by atoms with E-state index in [4.69, 9.17) is 0 Å². The molecule has 1 aliphatic heterocycles. The Kier molecular flexibility index (Phi) is 1.00. The van der Waals surface area contributed by atoms with Crippen LogP contribution in [-0.2, 0) is 11.2 Å². The van der Waals surface area contributed by atoms with Crippen LogP contribution < -0.4 is 5.32 Å². The lowest BCUT2D eigenvalue weighted by molar-refractivity contribution is -0.116. The maximum absolute atomic E-state index is 10.7. The van der Waals surface area contributed by atoms with Crippen LogP contribution in [0.5, 0.6) is 0 Å². The number of carbonyl (C=O) groups is 1. The molecule has 1 aromatic heterocycles. The highest BCUT2D eigenvalue weighted by molar-refractivity contribution is 5.93. The van der Waals surface area contributed by atoms with E-state index < -0.39 is 0 Å². The second-order valence-corrected chi connectivity index (χ2v) is 2.22. The monoisotopic (exact) mass is 138 g/mol. The molecule has 0 radical (unpaired) electrons. The summed E-state index contributed by atoms with van der Waals surface area (Å²) >= 11 is 0. The molecule has 1 N–H and O–H groups in total. The smallest absolute Gasteiger partial charge is 0.224 e. The molecule has 0 aromatic carbocycles. The minimum absolute atomic E-state index is 0.0377. The molecule has 0 spiro atoms. The Hall–Kier alpha value is -1.32. The first-order chi connectivity index (χ1) is 4.86. The third-order valence-corrected chi connectivity index (χ3v) is 1.51. The average Bonchev–Trinajstić information content (AvgIpc) is 2.33. The summed E-state index contributed by atoms with van der Waals surface area (Å²) in [6.45, 7) is 0. The topological polar surface area (TPSA) is 55.1 Å². The first-order valence-electron chi connectivity index (χ1n) is 3.09. The van der Waals surface area contributed by atoms with Gasteiger partial charge in [0.2, 0.25) is 5.91 Å². The minimum atomic E-state index is 0.0377. The van der Waals surface area contributed by atoms with E-state index >= 15 is 0 Å². The number of nitrogens with zero attached hydrogens (tertiary/aromatic N) is 1. The molecule has 0 saturated heterocycles. The SMILES string of the molecule is O=C1CCc2nocc2N1. The van der Waals surface area contributed by atoms with E-state index in [1.54, 1.807) is 0 Å². The van der Waals surface area contributed by atoms with Crippen molar-refractivity contribution in [2.24, 2.45) is 0 Å². The first-order valence-corrected chi connectivity index (χ1v) is 3.09. The van der Waals surface area contributed by atoms with Gasteiger partial charge in [0, 0.05) is 12.8 Å². The predicted octanol–water partition coefficient (Wildman–Crippen LogP) is 0.559. The second kappa shape index (κ2) is 1.83. The molecule has 52 valence electrons. The maximum atomic E-state index is 10.7. The van der Waals surface area contributed by atoms with E-state index in [9.17, 15) is 4.79 Å². The number of hydrogen-bond donors (Lipinski definition) is 1. The van der Waals surface area contributed by atoms with Gasteiger partial charge < -0.3 is 9.84 Å². The summed E-state index contributed by atoms with van der Waals surface area (Å²) in [6, 6.07) is 0. The number of anilines is 1. The van der Waals surface area contributed by atoms with Crippen molar-refractivity contribution in [1.82, 2.24) is 5.16 Å². The maximum Gasteiger partial charge on any atom is 0.224 e. The van der Waals surface area contributed by atoms with Gasteiger partial charge in [-0.3, -0.25) is 4.79 Å². The van der Waals surface area contributed by atoms with E-state index in [1.165, 1.54) is 6.26 Å². The lowest BCUT2D eigenvalue weighted by atomic mass is 10.1. The number of aromatic nitrogens is 1. The Morgan fingerprint density at radius 1 is 1.60 bits per heavy atom. The highest BCUT2D eigenvalue weighted by Crippen LogP contribution is 2.19. The van der Waals surface area contributed by atoms with Crippen molar-refractivity contribution < 1.29 is 9.32 Å². The summed E-state index contributed by atoms with van der Waals surface area (Å²) in [4.78, 5) is 10.7. The number of hydrogen-bond acceptors (Lipinski definition) is 3. The van der Waals surface area contributed by atoms with Gasteiger partial charge in [0.15, 0.2) is 0 Å². The van der Waals surface area contributed by atoms with Crippen LogP contribution in [0.2, 0.25) is 0 Å². The van der Waals surface area contributed by atoms with E-state index in [1.807, 2.05) is 0 Å². The molecule has 10 heavy (non-hydrogen) atoms. The van der Waals surface area contributed by atoms with E-state index in [0.29, 0.717) is 12.8 Å². The molecule has 0 atom stereocenters. The Morgan fingerprint density at radius 3 is 3.40 bits per heavy atom. The summed E-state index contributed by atoms with van der Waals surface area (Å²) in [5, 5.41) is 6.35. The molecule has 1 amide bonds. The molecule has 1 aromatic rings. The van der Waals surface area contributed by atoms with Crippen LogP contribution in [0.1, 0.15) is 12.1 Å².